The van der Waals surface area contributed by atoms with Gasteiger partial charge in [0.25, 0.3) is 0 Å². The van der Waals surface area contributed by atoms with Gasteiger partial charge < -0.3 is 10.5 Å². The Morgan fingerprint density at radius 3 is 2.33 bits per heavy atom. The van der Waals surface area contributed by atoms with Crippen molar-refractivity contribution in [1.29, 1.82) is 0 Å². The first-order valence-electron chi connectivity index (χ1n) is 7.18. The van der Waals surface area contributed by atoms with E-state index in [0.29, 0.717) is 6.61 Å². The van der Waals surface area contributed by atoms with E-state index in [-0.39, 0.29) is 6.04 Å². The first-order chi connectivity index (χ1) is 9.95. The number of rotatable bonds is 5. The fraction of sp³-hybridized carbons (Fsp3) is 0.333. The number of hydrogen-bond acceptors (Lipinski definition) is 2. The first-order valence-corrected chi connectivity index (χ1v) is 7.98. The number of halogens is 1. The lowest BCUT2D eigenvalue weighted by Gasteiger charge is -2.15. The molecule has 0 bridgehead atoms. The highest BCUT2D eigenvalue weighted by Crippen LogP contribution is 2.26. The molecule has 21 heavy (non-hydrogen) atoms. The minimum atomic E-state index is 0.178. The Balaban J connectivity index is 2.13. The van der Waals surface area contributed by atoms with Gasteiger partial charge in [-0.15, -0.1) is 0 Å². The number of hydrogen-bond donors (Lipinski definition) is 1. The molecular formula is C18H22BrNO. The zero-order valence-electron chi connectivity index (χ0n) is 12.8. The van der Waals surface area contributed by atoms with E-state index in [1.807, 2.05) is 19.1 Å². The molecule has 0 aliphatic carbocycles. The van der Waals surface area contributed by atoms with Gasteiger partial charge in [-0.2, -0.15) is 0 Å². The molecule has 0 saturated carbocycles. The normalized spacial score (nSPS) is 12.2. The number of benzene rings is 2. The van der Waals surface area contributed by atoms with E-state index in [1.165, 1.54) is 16.7 Å². The van der Waals surface area contributed by atoms with Crippen LogP contribution in [-0.4, -0.2) is 6.04 Å². The summed E-state index contributed by atoms with van der Waals surface area (Å²) in [6.45, 7) is 6.79. The monoisotopic (exact) mass is 347 g/mol. The van der Waals surface area contributed by atoms with Gasteiger partial charge in [-0.1, -0.05) is 40.2 Å². The molecule has 1 atom stereocenters. The standard InChI is InChI=1S/C18H22BrNO/c1-12-7-16(9-14(3)20)8-13(2)18(12)21-11-15-5-4-6-17(19)10-15/h4-8,10,14H,9,11,20H2,1-3H3. The molecule has 3 heteroatoms. The number of ether oxygens (including phenoxy) is 1. The molecule has 1 unspecified atom stereocenters. The molecule has 2 aromatic rings. The van der Waals surface area contributed by atoms with Gasteiger partial charge in [0.1, 0.15) is 12.4 Å². The van der Waals surface area contributed by atoms with Crippen LogP contribution in [0.3, 0.4) is 0 Å². The van der Waals surface area contributed by atoms with E-state index in [2.05, 4.69) is 54.0 Å². The summed E-state index contributed by atoms with van der Waals surface area (Å²) in [5.74, 6) is 0.975. The maximum absolute atomic E-state index is 6.02. The highest BCUT2D eigenvalue weighted by Gasteiger charge is 2.08. The van der Waals surface area contributed by atoms with E-state index < -0.39 is 0 Å². The summed E-state index contributed by atoms with van der Waals surface area (Å²) in [4.78, 5) is 0. The Hall–Kier alpha value is -1.32. The summed E-state index contributed by atoms with van der Waals surface area (Å²) in [5, 5.41) is 0. The van der Waals surface area contributed by atoms with Crippen LogP contribution in [0.5, 0.6) is 5.75 Å². The summed E-state index contributed by atoms with van der Waals surface area (Å²) in [6, 6.07) is 12.7. The van der Waals surface area contributed by atoms with Gasteiger partial charge >= 0.3 is 0 Å². The van der Waals surface area contributed by atoms with Gasteiger partial charge in [0.2, 0.25) is 0 Å². The average Bonchev–Trinajstić information content (AvgIpc) is 2.37. The molecular weight excluding hydrogens is 326 g/mol. The van der Waals surface area contributed by atoms with E-state index in [1.54, 1.807) is 0 Å². The summed E-state index contributed by atoms with van der Waals surface area (Å²) in [5.41, 5.74) is 10.6. The van der Waals surface area contributed by atoms with Crippen LogP contribution in [0.15, 0.2) is 40.9 Å². The SMILES string of the molecule is Cc1cc(CC(C)N)cc(C)c1OCc1cccc(Br)c1. The molecule has 0 spiro atoms. The van der Waals surface area contributed by atoms with Crippen molar-refractivity contribution in [2.45, 2.75) is 39.8 Å². The fourth-order valence-corrected chi connectivity index (χ4v) is 2.99. The Labute approximate surface area is 135 Å². The lowest BCUT2D eigenvalue weighted by atomic mass is 10.0. The third-order valence-corrected chi connectivity index (χ3v) is 3.84. The van der Waals surface area contributed by atoms with Crippen molar-refractivity contribution in [3.8, 4) is 5.75 Å². The van der Waals surface area contributed by atoms with Crippen molar-refractivity contribution < 1.29 is 4.74 Å². The maximum Gasteiger partial charge on any atom is 0.125 e. The lowest BCUT2D eigenvalue weighted by molar-refractivity contribution is 0.302. The molecule has 0 radical (unpaired) electrons. The Kier molecular flexibility index (Phi) is 5.43. The van der Waals surface area contributed by atoms with Crippen LogP contribution in [-0.2, 0) is 13.0 Å². The highest BCUT2D eigenvalue weighted by molar-refractivity contribution is 9.10. The van der Waals surface area contributed by atoms with E-state index in [4.69, 9.17) is 10.5 Å². The van der Waals surface area contributed by atoms with Gasteiger partial charge in [-0.3, -0.25) is 0 Å². The van der Waals surface area contributed by atoms with Crippen LogP contribution in [0, 0.1) is 13.8 Å². The molecule has 0 amide bonds. The second-order valence-electron chi connectivity index (χ2n) is 5.66. The van der Waals surface area contributed by atoms with E-state index in [0.717, 1.165) is 22.2 Å². The van der Waals surface area contributed by atoms with Gasteiger partial charge in [0.15, 0.2) is 0 Å². The van der Waals surface area contributed by atoms with Crippen molar-refractivity contribution >= 4 is 15.9 Å². The Morgan fingerprint density at radius 1 is 1.10 bits per heavy atom. The second-order valence-corrected chi connectivity index (χ2v) is 6.57. The Morgan fingerprint density at radius 2 is 1.76 bits per heavy atom. The quantitative estimate of drug-likeness (QED) is 0.861. The van der Waals surface area contributed by atoms with Crippen LogP contribution in [0.2, 0.25) is 0 Å². The second kappa shape index (κ2) is 7.10. The molecule has 2 rings (SSSR count). The molecule has 2 nitrogen and oxygen atoms in total. The molecule has 0 fully saturated rings. The predicted octanol–water partition coefficient (Wildman–Crippen LogP) is 4.53. The van der Waals surface area contributed by atoms with E-state index in [9.17, 15) is 0 Å². The van der Waals surface area contributed by atoms with Crippen molar-refractivity contribution in [2.75, 3.05) is 0 Å². The minimum Gasteiger partial charge on any atom is -0.488 e. The zero-order chi connectivity index (χ0) is 15.4. The van der Waals surface area contributed by atoms with Gasteiger partial charge in [0, 0.05) is 10.5 Å². The molecule has 112 valence electrons. The molecule has 0 heterocycles. The van der Waals surface area contributed by atoms with Crippen molar-refractivity contribution in [2.24, 2.45) is 5.73 Å². The Bertz CT molecular complexity index is 599. The number of aryl methyl sites for hydroxylation is 2. The molecule has 2 aromatic carbocycles. The average molecular weight is 348 g/mol. The van der Waals surface area contributed by atoms with Crippen LogP contribution in [0.4, 0.5) is 0 Å². The van der Waals surface area contributed by atoms with Crippen molar-refractivity contribution in [1.82, 2.24) is 0 Å². The predicted molar refractivity (Wildman–Crippen MR) is 91.7 cm³/mol. The van der Waals surface area contributed by atoms with E-state index >= 15 is 0 Å². The summed E-state index contributed by atoms with van der Waals surface area (Å²) >= 11 is 3.48. The summed E-state index contributed by atoms with van der Waals surface area (Å²) < 4.78 is 7.09. The summed E-state index contributed by atoms with van der Waals surface area (Å²) in [6.07, 6.45) is 0.896. The fourth-order valence-electron chi connectivity index (χ4n) is 2.54. The zero-order valence-corrected chi connectivity index (χ0v) is 14.4. The lowest BCUT2D eigenvalue weighted by Crippen LogP contribution is -2.18. The van der Waals surface area contributed by atoms with Gasteiger partial charge in [-0.25, -0.2) is 0 Å². The minimum absolute atomic E-state index is 0.178. The maximum atomic E-state index is 6.02. The van der Waals surface area contributed by atoms with Crippen LogP contribution < -0.4 is 10.5 Å². The van der Waals surface area contributed by atoms with Crippen LogP contribution in [0.1, 0.15) is 29.2 Å². The molecule has 0 aromatic heterocycles. The van der Waals surface area contributed by atoms with Gasteiger partial charge in [-0.05, 0) is 61.6 Å². The van der Waals surface area contributed by atoms with Gasteiger partial charge in [0.05, 0.1) is 0 Å². The topological polar surface area (TPSA) is 35.2 Å². The van der Waals surface area contributed by atoms with Crippen LogP contribution >= 0.6 is 15.9 Å². The molecule has 0 saturated heterocycles. The summed E-state index contributed by atoms with van der Waals surface area (Å²) in [7, 11) is 0. The highest BCUT2D eigenvalue weighted by atomic mass is 79.9. The smallest absolute Gasteiger partial charge is 0.125 e. The third kappa shape index (κ3) is 4.58. The first kappa shape index (κ1) is 16.1. The van der Waals surface area contributed by atoms with Crippen LogP contribution in [0.25, 0.3) is 0 Å². The molecule has 2 N–H and O–H groups in total. The molecule has 0 aliphatic heterocycles. The van der Waals surface area contributed by atoms with Crippen molar-refractivity contribution in [3.05, 3.63) is 63.1 Å². The third-order valence-electron chi connectivity index (χ3n) is 3.35. The van der Waals surface area contributed by atoms with Crippen molar-refractivity contribution in [3.63, 3.8) is 0 Å². The largest absolute Gasteiger partial charge is 0.488 e. The number of nitrogens with two attached hydrogens (primary N) is 1. The molecule has 0 aliphatic rings.